The number of pyridine rings is 2. The molecule has 2 N–H and O–H groups in total. The maximum absolute atomic E-state index is 13.2. The largest absolute Gasteiger partial charge is 0.349 e. The summed E-state index contributed by atoms with van der Waals surface area (Å²) in [4.78, 5) is 23.7. The lowest BCUT2D eigenvalue weighted by atomic mass is 10.0. The number of likely N-dealkylation sites (tertiary alicyclic amines) is 1. The van der Waals surface area contributed by atoms with Crippen LogP contribution in [0.4, 0.5) is 0 Å². The minimum Gasteiger partial charge on any atom is -0.349 e. The lowest BCUT2D eigenvalue weighted by Gasteiger charge is -2.27. The summed E-state index contributed by atoms with van der Waals surface area (Å²) in [6.45, 7) is 4.10. The zero-order chi connectivity index (χ0) is 19.7. The van der Waals surface area contributed by atoms with E-state index in [1.54, 1.807) is 12.4 Å². The number of piperidine rings is 1. The van der Waals surface area contributed by atoms with Gasteiger partial charge in [-0.3, -0.25) is 9.78 Å². The molecule has 28 heavy (non-hydrogen) atoms. The number of benzene rings is 1. The highest BCUT2D eigenvalue weighted by Gasteiger charge is 2.23. The van der Waals surface area contributed by atoms with Crippen LogP contribution in [0, 0.1) is 6.92 Å². The van der Waals surface area contributed by atoms with E-state index in [-0.39, 0.29) is 11.9 Å². The van der Waals surface area contributed by atoms with Crippen LogP contribution >= 0.6 is 11.6 Å². The van der Waals surface area contributed by atoms with Crippen molar-refractivity contribution in [2.75, 3.05) is 20.1 Å². The van der Waals surface area contributed by atoms with E-state index in [0.717, 1.165) is 53.7 Å². The molecule has 2 aromatic heterocycles. The Balaban J connectivity index is 1.77. The molecule has 1 fully saturated rings. The van der Waals surface area contributed by atoms with Gasteiger partial charge in [0, 0.05) is 47.2 Å². The van der Waals surface area contributed by atoms with Crippen LogP contribution in [0.15, 0.2) is 42.7 Å². The summed E-state index contributed by atoms with van der Waals surface area (Å²) in [5.74, 6) is -0.0520. The molecule has 3 heterocycles. The quantitative estimate of drug-likeness (QED) is 0.716. The molecule has 3 aromatic rings. The average Bonchev–Trinajstić information content (AvgIpc) is 2.72. The summed E-state index contributed by atoms with van der Waals surface area (Å²) in [6.07, 6.45) is 5.49. The number of fused-ring (bicyclic) bond motifs is 1. The summed E-state index contributed by atoms with van der Waals surface area (Å²) >= 11 is 6.33. The molecule has 0 spiro atoms. The van der Waals surface area contributed by atoms with E-state index in [9.17, 15) is 4.79 Å². The second-order valence-electron chi connectivity index (χ2n) is 7.57. The van der Waals surface area contributed by atoms with Crippen molar-refractivity contribution >= 4 is 28.4 Å². The molecule has 144 valence electrons. The molecule has 5 nitrogen and oxygen atoms in total. The minimum absolute atomic E-state index is 0.0520. The van der Waals surface area contributed by atoms with Gasteiger partial charge in [-0.25, -0.2) is 4.98 Å². The highest BCUT2D eigenvalue weighted by Crippen LogP contribution is 2.30. The van der Waals surface area contributed by atoms with Crippen LogP contribution in [0.2, 0.25) is 5.02 Å². The van der Waals surface area contributed by atoms with E-state index >= 15 is 0 Å². The summed E-state index contributed by atoms with van der Waals surface area (Å²) in [7, 11) is 2.20. The van der Waals surface area contributed by atoms with Gasteiger partial charge in [0.1, 0.15) is 0 Å². The van der Waals surface area contributed by atoms with Gasteiger partial charge < -0.3 is 10.2 Å². The standard InChI is InChI=1S/C22H23ClN4O/c1-14-19(23)6-5-17-18(22(28)25-16-7-10-27(2)11-8-16)12-20(26-21(14)17)15-4-3-9-24-13-15/h3-6,9,12-13,16H,7-8,10-11H2,1-2H3,(H,25,28)/p+1. The molecule has 4 rings (SSSR count). The Morgan fingerprint density at radius 2 is 2.04 bits per heavy atom. The smallest absolute Gasteiger partial charge is 0.252 e. The van der Waals surface area contributed by atoms with Crippen LogP contribution in [0.25, 0.3) is 22.2 Å². The number of hydrogen-bond acceptors (Lipinski definition) is 3. The van der Waals surface area contributed by atoms with Crippen molar-refractivity contribution in [1.82, 2.24) is 15.3 Å². The summed E-state index contributed by atoms with van der Waals surface area (Å²) < 4.78 is 0. The molecule has 0 bridgehead atoms. The number of aromatic nitrogens is 2. The minimum atomic E-state index is -0.0520. The number of carbonyl (C=O) groups is 1. The van der Waals surface area contributed by atoms with Gasteiger partial charge >= 0.3 is 0 Å². The third-order valence-electron chi connectivity index (χ3n) is 5.54. The lowest BCUT2D eigenvalue weighted by Crippen LogP contribution is -3.10. The molecular formula is C22H24ClN4O+. The fraction of sp³-hybridized carbons (Fsp3) is 0.318. The fourth-order valence-corrected chi connectivity index (χ4v) is 3.92. The Bertz CT molecular complexity index is 1010. The van der Waals surface area contributed by atoms with Crippen molar-refractivity contribution in [3.8, 4) is 11.3 Å². The van der Waals surface area contributed by atoms with E-state index in [0.29, 0.717) is 10.6 Å². The molecule has 6 heteroatoms. The molecule has 0 unspecified atom stereocenters. The van der Waals surface area contributed by atoms with Crippen molar-refractivity contribution < 1.29 is 9.69 Å². The van der Waals surface area contributed by atoms with Crippen molar-refractivity contribution in [2.24, 2.45) is 0 Å². The number of carbonyl (C=O) groups excluding carboxylic acids is 1. The third-order valence-corrected chi connectivity index (χ3v) is 5.95. The first kappa shape index (κ1) is 18.8. The Kier molecular flexibility index (Phi) is 5.29. The summed E-state index contributed by atoms with van der Waals surface area (Å²) in [5, 5.41) is 4.70. The van der Waals surface area contributed by atoms with Gasteiger partial charge in [-0.15, -0.1) is 0 Å². The van der Waals surface area contributed by atoms with Crippen LogP contribution in [-0.2, 0) is 0 Å². The zero-order valence-corrected chi connectivity index (χ0v) is 16.9. The van der Waals surface area contributed by atoms with E-state index in [1.165, 1.54) is 4.90 Å². The Morgan fingerprint density at radius 1 is 1.25 bits per heavy atom. The van der Waals surface area contributed by atoms with Gasteiger partial charge in [-0.1, -0.05) is 17.7 Å². The Labute approximate surface area is 169 Å². The zero-order valence-electron chi connectivity index (χ0n) is 16.1. The highest BCUT2D eigenvalue weighted by atomic mass is 35.5. The molecular weight excluding hydrogens is 372 g/mol. The average molecular weight is 396 g/mol. The molecule has 1 aliphatic rings. The van der Waals surface area contributed by atoms with Crippen molar-refractivity contribution in [1.29, 1.82) is 0 Å². The number of hydrogen-bond donors (Lipinski definition) is 2. The first-order valence-corrected chi connectivity index (χ1v) is 10.0. The normalized spacial score (nSPS) is 19.5. The van der Waals surface area contributed by atoms with Gasteiger partial charge in [0.2, 0.25) is 0 Å². The van der Waals surface area contributed by atoms with E-state index < -0.39 is 0 Å². The lowest BCUT2D eigenvalue weighted by molar-refractivity contribution is -0.884. The van der Waals surface area contributed by atoms with Crippen molar-refractivity contribution in [2.45, 2.75) is 25.8 Å². The molecule has 1 saturated heterocycles. The van der Waals surface area contributed by atoms with Gasteiger partial charge in [-0.05, 0) is 36.8 Å². The number of nitrogens with zero attached hydrogens (tertiary/aromatic N) is 2. The number of halogens is 1. The Morgan fingerprint density at radius 3 is 2.75 bits per heavy atom. The van der Waals surface area contributed by atoms with Gasteiger partial charge in [0.15, 0.2) is 0 Å². The van der Waals surface area contributed by atoms with Crippen LogP contribution < -0.4 is 10.2 Å². The molecule has 0 saturated carbocycles. The monoisotopic (exact) mass is 395 g/mol. The molecule has 1 amide bonds. The molecule has 0 aliphatic carbocycles. The number of rotatable bonds is 3. The number of aryl methyl sites for hydroxylation is 1. The third kappa shape index (κ3) is 3.73. The maximum Gasteiger partial charge on any atom is 0.252 e. The van der Waals surface area contributed by atoms with Gasteiger partial charge in [-0.2, -0.15) is 0 Å². The second-order valence-corrected chi connectivity index (χ2v) is 7.98. The first-order valence-electron chi connectivity index (χ1n) is 9.65. The molecule has 1 aromatic carbocycles. The molecule has 0 radical (unpaired) electrons. The first-order chi connectivity index (χ1) is 13.5. The number of nitrogens with one attached hydrogen (secondary N) is 2. The van der Waals surface area contributed by atoms with Gasteiger partial charge in [0.05, 0.1) is 36.9 Å². The predicted molar refractivity (Wildman–Crippen MR) is 112 cm³/mol. The van der Waals surface area contributed by atoms with Crippen molar-refractivity contribution in [3.63, 3.8) is 0 Å². The summed E-state index contributed by atoms with van der Waals surface area (Å²) in [6, 6.07) is 9.62. The maximum atomic E-state index is 13.2. The van der Waals surface area contributed by atoms with Crippen LogP contribution in [-0.4, -0.2) is 42.1 Å². The van der Waals surface area contributed by atoms with E-state index in [1.807, 2.05) is 37.3 Å². The van der Waals surface area contributed by atoms with Crippen LogP contribution in [0.5, 0.6) is 0 Å². The van der Waals surface area contributed by atoms with Gasteiger partial charge in [0.25, 0.3) is 5.91 Å². The van der Waals surface area contributed by atoms with Crippen molar-refractivity contribution in [3.05, 3.63) is 58.9 Å². The number of amides is 1. The number of quaternary nitrogens is 1. The predicted octanol–water partition coefficient (Wildman–Crippen LogP) is 2.67. The van der Waals surface area contributed by atoms with Crippen LogP contribution in [0.1, 0.15) is 28.8 Å². The Hall–Kier alpha value is -2.50. The SMILES string of the molecule is Cc1c(Cl)ccc2c(C(=O)NC3CC[NH+](C)CC3)cc(-c3cccnc3)nc12. The molecule has 1 aliphatic heterocycles. The second kappa shape index (κ2) is 7.86. The van der Waals surface area contributed by atoms with E-state index in [2.05, 4.69) is 17.3 Å². The fourth-order valence-electron chi connectivity index (χ4n) is 3.77. The van der Waals surface area contributed by atoms with Crippen LogP contribution in [0.3, 0.4) is 0 Å². The molecule has 0 atom stereocenters. The topological polar surface area (TPSA) is 59.3 Å². The van der Waals surface area contributed by atoms with E-state index in [4.69, 9.17) is 16.6 Å². The highest BCUT2D eigenvalue weighted by molar-refractivity contribution is 6.32. The summed E-state index contributed by atoms with van der Waals surface area (Å²) in [5.41, 5.74) is 3.87.